The van der Waals surface area contributed by atoms with Crippen LogP contribution in [0.2, 0.25) is 0 Å². The van der Waals surface area contributed by atoms with Gasteiger partial charge in [-0.05, 0) is 45.4 Å². The van der Waals surface area contributed by atoms with Gasteiger partial charge in [0.05, 0.1) is 6.10 Å². The molecular weight excluding hydrogens is 502 g/mol. The average Bonchev–Trinajstić information content (AvgIpc) is 3.25. The van der Waals surface area contributed by atoms with E-state index < -0.39 is 38.7 Å². The summed E-state index contributed by atoms with van der Waals surface area (Å²) in [4.78, 5) is 8.49. The van der Waals surface area contributed by atoms with Gasteiger partial charge in [0, 0.05) is 18.0 Å². The molecule has 2 aromatic carbocycles. The molecule has 0 fully saturated rings. The Hall–Kier alpha value is -3.77. The molecule has 0 aliphatic rings. The van der Waals surface area contributed by atoms with E-state index in [1.165, 1.54) is 13.0 Å². The van der Waals surface area contributed by atoms with Crippen molar-refractivity contribution in [2.24, 2.45) is 0 Å². The fraction of sp³-hybridized carbons (Fsp3) is 0.280. The molecule has 1 N–H and O–H groups in total. The second-order valence-electron chi connectivity index (χ2n) is 8.70. The Labute approximate surface area is 213 Å². The molecule has 2 heterocycles. The highest BCUT2D eigenvalue weighted by molar-refractivity contribution is 7.93. The van der Waals surface area contributed by atoms with Gasteiger partial charge in [-0.15, -0.1) is 10.2 Å². The van der Waals surface area contributed by atoms with Gasteiger partial charge in [0.1, 0.15) is 28.7 Å². The molecule has 37 heavy (non-hydrogen) atoms. The van der Waals surface area contributed by atoms with Crippen molar-refractivity contribution in [1.29, 1.82) is 0 Å². The van der Waals surface area contributed by atoms with Crippen LogP contribution in [-0.2, 0) is 14.8 Å². The first kappa shape index (κ1) is 26.3. The smallest absolute Gasteiger partial charge is 0.243 e. The van der Waals surface area contributed by atoms with Crippen LogP contribution in [0.15, 0.2) is 60.9 Å². The SMILES string of the molecule is Cc1cnc(C(OC(C)C)C(C)S(=O)(=O)Nc2nnc(-c3ccccc3)n2-c2c(F)cccc2F)nc1. The van der Waals surface area contributed by atoms with Crippen molar-refractivity contribution in [3.05, 3.63) is 83.9 Å². The lowest BCUT2D eigenvalue weighted by Crippen LogP contribution is -2.35. The molecule has 0 saturated heterocycles. The van der Waals surface area contributed by atoms with E-state index in [4.69, 9.17) is 4.74 Å². The van der Waals surface area contributed by atoms with E-state index in [1.54, 1.807) is 56.6 Å². The Morgan fingerprint density at radius 2 is 1.54 bits per heavy atom. The first-order valence-corrected chi connectivity index (χ1v) is 13.0. The van der Waals surface area contributed by atoms with Gasteiger partial charge in [0.25, 0.3) is 0 Å². The minimum absolute atomic E-state index is 0.0480. The van der Waals surface area contributed by atoms with Gasteiger partial charge < -0.3 is 4.74 Å². The molecule has 0 saturated carbocycles. The number of hydrogen-bond donors (Lipinski definition) is 1. The van der Waals surface area contributed by atoms with E-state index >= 15 is 0 Å². The molecule has 0 spiro atoms. The van der Waals surface area contributed by atoms with Crippen molar-refractivity contribution in [1.82, 2.24) is 24.7 Å². The topological polar surface area (TPSA) is 112 Å². The molecule has 12 heteroatoms. The summed E-state index contributed by atoms with van der Waals surface area (Å²) in [5, 5.41) is 6.77. The highest BCUT2D eigenvalue weighted by Crippen LogP contribution is 2.31. The number of rotatable bonds is 9. The number of nitrogens with zero attached hydrogens (tertiary/aromatic N) is 5. The zero-order valence-electron chi connectivity index (χ0n) is 20.6. The maximum Gasteiger partial charge on any atom is 0.243 e. The van der Waals surface area contributed by atoms with Crippen LogP contribution < -0.4 is 4.72 Å². The second-order valence-corrected chi connectivity index (χ2v) is 10.7. The Bertz CT molecular complexity index is 1460. The molecule has 0 aliphatic carbocycles. The van der Waals surface area contributed by atoms with Crippen molar-refractivity contribution < 1.29 is 21.9 Å². The lowest BCUT2D eigenvalue weighted by atomic mass is 10.2. The number of sulfonamides is 1. The molecule has 0 amide bonds. The number of benzene rings is 2. The van der Waals surface area contributed by atoms with Gasteiger partial charge in [-0.3, -0.25) is 9.29 Å². The summed E-state index contributed by atoms with van der Waals surface area (Å²) in [6, 6.07) is 11.9. The van der Waals surface area contributed by atoms with Crippen LogP contribution in [-0.4, -0.2) is 44.5 Å². The zero-order valence-corrected chi connectivity index (χ0v) is 21.4. The third-order valence-electron chi connectivity index (χ3n) is 5.48. The molecule has 0 bridgehead atoms. The van der Waals surface area contributed by atoms with Gasteiger partial charge in [-0.25, -0.2) is 27.2 Å². The molecule has 2 aromatic heterocycles. The van der Waals surface area contributed by atoms with E-state index in [0.29, 0.717) is 5.56 Å². The number of halogens is 2. The minimum atomic E-state index is -4.26. The number of anilines is 1. The predicted molar refractivity (Wildman–Crippen MR) is 134 cm³/mol. The normalized spacial score (nSPS) is 13.5. The van der Waals surface area contributed by atoms with Crippen LogP contribution in [0.1, 0.15) is 38.3 Å². The summed E-state index contributed by atoms with van der Waals surface area (Å²) in [7, 11) is -4.26. The molecule has 0 aliphatic heterocycles. The summed E-state index contributed by atoms with van der Waals surface area (Å²) in [5.41, 5.74) is 0.757. The fourth-order valence-electron chi connectivity index (χ4n) is 3.65. The monoisotopic (exact) mass is 528 g/mol. The quantitative estimate of drug-likeness (QED) is 0.338. The van der Waals surface area contributed by atoms with Crippen LogP contribution in [0.3, 0.4) is 0 Å². The summed E-state index contributed by atoms with van der Waals surface area (Å²) < 4.78 is 66.1. The summed E-state index contributed by atoms with van der Waals surface area (Å²) in [5.74, 6) is -1.99. The summed E-state index contributed by atoms with van der Waals surface area (Å²) in [6.07, 6.45) is 1.76. The van der Waals surface area contributed by atoms with Gasteiger partial charge in [0.2, 0.25) is 16.0 Å². The van der Waals surface area contributed by atoms with Crippen molar-refractivity contribution in [3.8, 4) is 17.1 Å². The maximum atomic E-state index is 14.9. The first-order valence-electron chi connectivity index (χ1n) is 11.5. The zero-order chi connectivity index (χ0) is 26.7. The van der Waals surface area contributed by atoms with Crippen LogP contribution in [0, 0.1) is 18.6 Å². The van der Waals surface area contributed by atoms with Crippen molar-refractivity contribution in [2.75, 3.05) is 4.72 Å². The molecule has 9 nitrogen and oxygen atoms in total. The molecule has 2 atom stereocenters. The van der Waals surface area contributed by atoms with Gasteiger partial charge in [0.15, 0.2) is 11.6 Å². The second kappa shape index (κ2) is 10.7. The predicted octanol–water partition coefficient (Wildman–Crippen LogP) is 4.61. The Morgan fingerprint density at radius 1 is 0.919 bits per heavy atom. The van der Waals surface area contributed by atoms with E-state index in [-0.39, 0.29) is 23.7 Å². The molecule has 0 radical (unpaired) electrons. The average molecular weight is 529 g/mol. The number of aryl methyl sites for hydroxylation is 1. The molecular formula is C25H26F2N6O3S. The van der Waals surface area contributed by atoms with Crippen LogP contribution >= 0.6 is 0 Å². The highest BCUT2D eigenvalue weighted by Gasteiger charge is 2.36. The number of hydrogen-bond acceptors (Lipinski definition) is 7. The molecule has 4 aromatic rings. The van der Waals surface area contributed by atoms with Gasteiger partial charge in [-0.1, -0.05) is 36.4 Å². The van der Waals surface area contributed by atoms with Crippen molar-refractivity contribution in [2.45, 2.75) is 45.2 Å². The summed E-state index contributed by atoms with van der Waals surface area (Å²) in [6.45, 7) is 6.76. The van der Waals surface area contributed by atoms with Gasteiger partial charge in [-0.2, -0.15) is 0 Å². The molecule has 2 unspecified atom stereocenters. The van der Waals surface area contributed by atoms with E-state index in [1.807, 2.05) is 6.92 Å². The van der Waals surface area contributed by atoms with Crippen LogP contribution in [0.25, 0.3) is 17.1 Å². The fourth-order valence-corrected chi connectivity index (χ4v) is 4.73. The van der Waals surface area contributed by atoms with Gasteiger partial charge >= 0.3 is 0 Å². The number of nitrogens with one attached hydrogen (secondary N) is 1. The Morgan fingerprint density at radius 3 is 2.14 bits per heavy atom. The molecule has 4 rings (SSSR count). The van der Waals surface area contributed by atoms with Crippen LogP contribution in [0.5, 0.6) is 0 Å². The Kier molecular flexibility index (Phi) is 7.60. The standard InChI is InChI=1S/C25H26F2N6O3S/c1-15(2)36-22(23-28-13-16(3)14-29-23)17(4)37(34,35)32-25-31-30-24(18-9-6-5-7-10-18)33(25)21-19(26)11-8-12-20(21)27/h5-15,17,22H,1-4H3,(H,31,32). The lowest BCUT2D eigenvalue weighted by Gasteiger charge is -2.25. The van der Waals surface area contributed by atoms with E-state index in [0.717, 1.165) is 22.3 Å². The minimum Gasteiger partial charge on any atom is -0.366 e. The lowest BCUT2D eigenvalue weighted by molar-refractivity contribution is 0.00152. The first-order chi connectivity index (χ1) is 17.6. The summed E-state index contributed by atoms with van der Waals surface area (Å²) >= 11 is 0. The number of ether oxygens (including phenoxy) is 1. The maximum absolute atomic E-state index is 14.9. The van der Waals surface area contributed by atoms with Crippen LogP contribution in [0.4, 0.5) is 14.7 Å². The third-order valence-corrected chi connectivity index (χ3v) is 7.17. The van der Waals surface area contributed by atoms with E-state index in [9.17, 15) is 17.2 Å². The number of aromatic nitrogens is 5. The number of para-hydroxylation sites is 1. The van der Waals surface area contributed by atoms with Crippen molar-refractivity contribution in [3.63, 3.8) is 0 Å². The van der Waals surface area contributed by atoms with Crippen molar-refractivity contribution >= 4 is 16.0 Å². The Balaban J connectivity index is 1.79. The van der Waals surface area contributed by atoms with E-state index in [2.05, 4.69) is 24.9 Å². The highest BCUT2D eigenvalue weighted by atomic mass is 32.2. The third kappa shape index (κ3) is 5.65. The largest absolute Gasteiger partial charge is 0.366 e. The molecule has 194 valence electrons.